The van der Waals surface area contributed by atoms with Crippen LogP contribution in [0.25, 0.3) is 0 Å². The molecule has 0 unspecified atom stereocenters. The van der Waals surface area contributed by atoms with Gasteiger partial charge in [0.05, 0.1) is 24.3 Å². The zero-order valence-electron chi connectivity index (χ0n) is 18.4. The van der Waals surface area contributed by atoms with Crippen molar-refractivity contribution in [2.75, 3.05) is 41.8 Å². The van der Waals surface area contributed by atoms with Crippen molar-refractivity contribution in [3.8, 4) is 0 Å². The Labute approximate surface area is 191 Å². The van der Waals surface area contributed by atoms with Gasteiger partial charge in [0.25, 0.3) is 0 Å². The number of alkyl halides is 3. The predicted molar refractivity (Wildman–Crippen MR) is 121 cm³/mol. The Hall–Kier alpha value is -3.07. The normalized spacial score (nSPS) is 21.3. The first-order chi connectivity index (χ1) is 15.7. The summed E-state index contributed by atoms with van der Waals surface area (Å²) in [6.45, 7) is 1.17. The maximum atomic E-state index is 14.0. The molecule has 2 aliphatic rings. The largest absolute Gasteiger partial charge is 0.409 e. The summed E-state index contributed by atoms with van der Waals surface area (Å²) in [5, 5.41) is 2.50. The van der Waals surface area contributed by atoms with Crippen molar-refractivity contribution in [3.05, 3.63) is 54.6 Å². The number of nitrogens with one attached hydrogen (secondary N) is 1. The Morgan fingerprint density at radius 1 is 1.12 bits per heavy atom. The molecule has 1 N–H and O–H groups in total. The molecule has 9 heteroatoms. The first kappa shape index (κ1) is 23.1. The number of para-hydroxylation sites is 3. The molecule has 0 aliphatic carbocycles. The maximum absolute atomic E-state index is 14.0. The number of carbonyl (C=O) groups is 2. The van der Waals surface area contributed by atoms with Crippen LogP contribution in [0, 0.1) is 0 Å². The second-order valence-electron chi connectivity index (χ2n) is 8.57. The van der Waals surface area contributed by atoms with Crippen molar-refractivity contribution in [1.82, 2.24) is 4.90 Å². The number of nitrogens with zero attached hydrogens (tertiary/aromatic N) is 3. The molecule has 2 amide bonds. The van der Waals surface area contributed by atoms with E-state index in [2.05, 4.69) is 10.2 Å². The highest BCUT2D eigenvalue weighted by atomic mass is 19.4. The van der Waals surface area contributed by atoms with Crippen LogP contribution >= 0.6 is 0 Å². The van der Waals surface area contributed by atoms with Crippen LogP contribution in [-0.4, -0.2) is 61.7 Å². The van der Waals surface area contributed by atoms with Gasteiger partial charge in [-0.1, -0.05) is 30.3 Å². The van der Waals surface area contributed by atoms with Gasteiger partial charge in [0.1, 0.15) is 6.04 Å². The second-order valence-corrected chi connectivity index (χ2v) is 8.57. The topological polar surface area (TPSA) is 55.9 Å². The van der Waals surface area contributed by atoms with Crippen LogP contribution in [-0.2, 0) is 9.59 Å². The number of fused-ring (bicyclic) bond motifs is 1. The van der Waals surface area contributed by atoms with Crippen LogP contribution < -0.4 is 15.1 Å². The van der Waals surface area contributed by atoms with E-state index in [0.717, 1.165) is 23.4 Å². The minimum Gasteiger partial charge on any atom is -0.373 e. The molecule has 2 aromatic rings. The van der Waals surface area contributed by atoms with Crippen molar-refractivity contribution in [1.29, 1.82) is 0 Å². The first-order valence-corrected chi connectivity index (χ1v) is 11.0. The number of anilines is 3. The lowest BCUT2D eigenvalue weighted by molar-refractivity contribution is -0.158. The Kier molecular flexibility index (Phi) is 6.60. The maximum Gasteiger partial charge on any atom is 0.409 e. The van der Waals surface area contributed by atoms with E-state index in [0.29, 0.717) is 13.1 Å². The van der Waals surface area contributed by atoms with E-state index >= 15 is 0 Å². The lowest BCUT2D eigenvalue weighted by Gasteiger charge is -2.35. The van der Waals surface area contributed by atoms with Gasteiger partial charge in [-0.25, -0.2) is 0 Å². The Balaban J connectivity index is 1.55. The van der Waals surface area contributed by atoms with E-state index in [4.69, 9.17) is 0 Å². The number of halogens is 3. The van der Waals surface area contributed by atoms with Crippen molar-refractivity contribution >= 4 is 28.9 Å². The highest BCUT2D eigenvalue weighted by molar-refractivity contribution is 6.05. The predicted octanol–water partition coefficient (Wildman–Crippen LogP) is 3.89. The van der Waals surface area contributed by atoms with Crippen molar-refractivity contribution in [3.63, 3.8) is 0 Å². The van der Waals surface area contributed by atoms with E-state index in [-0.39, 0.29) is 24.0 Å². The van der Waals surface area contributed by atoms with Gasteiger partial charge < -0.3 is 10.2 Å². The Morgan fingerprint density at radius 3 is 2.55 bits per heavy atom. The lowest BCUT2D eigenvalue weighted by atomic mass is 10.1. The number of carbonyl (C=O) groups excluding carboxylic acids is 2. The molecule has 0 radical (unpaired) electrons. The van der Waals surface area contributed by atoms with Gasteiger partial charge >= 0.3 is 6.18 Å². The van der Waals surface area contributed by atoms with Gasteiger partial charge in [0, 0.05) is 25.3 Å². The second kappa shape index (κ2) is 9.43. The summed E-state index contributed by atoms with van der Waals surface area (Å²) < 4.78 is 41.9. The van der Waals surface area contributed by atoms with E-state index in [1.165, 1.54) is 12.1 Å². The number of benzene rings is 2. The van der Waals surface area contributed by atoms with Crippen LogP contribution in [0.3, 0.4) is 0 Å². The third-order valence-electron chi connectivity index (χ3n) is 6.29. The molecule has 176 valence electrons. The number of likely N-dealkylation sites (tertiary alicyclic amines) is 1. The van der Waals surface area contributed by atoms with E-state index < -0.39 is 30.5 Å². The molecule has 0 spiro atoms. The summed E-state index contributed by atoms with van der Waals surface area (Å²) in [6, 6.07) is 13.8. The first-order valence-electron chi connectivity index (χ1n) is 11.0. The molecule has 4 rings (SSSR count). The quantitative estimate of drug-likeness (QED) is 0.736. The third kappa shape index (κ3) is 5.13. The highest BCUT2D eigenvalue weighted by Crippen LogP contribution is 2.38. The molecular formula is C24H27F3N4O2. The molecule has 2 aromatic carbocycles. The highest BCUT2D eigenvalue weighted by Gasteiger charge is 2.49. The molecule has 33 heavy (non-hydrogen) atoms. The minimum absolute atomic E-state index is 0.0467. The van der Waals surface area contributed by atoms with Gasteiger partial charge in [-0.2, -0.15) is 13.2 Å². The number of hydrogen-bond donors (Lipinski definition) is 1. The van der Waals surface area contributed by atoms with Crippen molar-refractivity contribution in [2.45, 2.75) is 37.5 Å². The summed E-state index contributed by atoms with van der Waals surface area (Å²) in [5.41, 5.74) is 1.33. The number of hydrogen-bond acceptors (Lipinski definition) is 4. The summed E-state index contributed by atoms with van der Waals surface area (Å²) in [7, 11) is 1.97. The fourth-order valence-corrected chi connectivity index (χ4v) is 4.66. The van der Waals surface area contributed by atoms with Gasteiger partial charge in [-0.3, -0.25) is 19.4 Å². The van der Waals surface area contributed by atoms with E-state index in [1.807, 2.05) is 42.3 Å². The monoisotopic (exact) mass is 460 g/mol. The number of likely N-dealkylation sites (N-methyl/N-ethyl adjacent to an activating group) is 1. The van der Waals surface area contributed by atoms with Crippen LogP contribution in [0.4, 0.5) is 30.2 Å². The smallest absolute Gasteiger partial charge is 0.373 e. The van der Waals surface area contributed by atoms with Gasteiger partial charge in [-0.05, 0) is 43.7 Å². The zero-order chi connectivity index (χ0) is 23.6. The standard InChI is InChI=1S/C24H27F3N4O2/c1-29(17-8-3-2-4-9-17)15-18-10-7-13-30(18)16-23(33)31-20-12-6-5-11-19(20)28-22(32)14-21(31)24(25,26)27/h2-6,8-9,11-12,18,21H,7,10,13-16H2,1H3,(H,28,32)/t18-,21-/m0/s1. The number of rotatable bonds is 5. The van der Waals surface area contributed by atoms with Gasteiger partial charge in [0.15, 0.2) is 0 Å². The summed E-state index contributed by atoms with van der Waals surface area (Å²) in [5.74, 6) is -1.42. The average Bonchev–Trinajstić information content (AvgIpc) is 3.13. The molecule has 2 aliphatic heterocycles. The molecule has 2 heterocycles. The molecule has 0 saturated carbocycles. The van der Waals surface area contributed by atoms with Gasteiger partial charge in [-0.15, -0.1) is 0 Å². The SMILES string of the molecule is CN(C[C@@H]1CCCN1CC(=O)N1c2ccccc2NC(=O)C[C@H]1C(F)(F)F)c1ccccc1. The third-order valence-corrected chi connectivity index (χ3v) is 6.29. The van der Waals surface area contributed by atoms with E-state index in [9.17, 15) is 22.8 Å². The average molecular weight is 461 g/mol. The summed E-state index contributed by atoms with van der Waals surface area (Å²) >= 11 is 0. The molecule has 2 atom stereocenters. The fourth-order valence-electron chi connectivity index (χ4n) is 4.66. The van der Waals surface area contributed by atoms with Crippen molar-refractivity contribution in [2.24, 2.45) is 0 Å². The molecule has 0 aromatic heterocycles. The minimum atomic E-state index is -4.73. The van der Waals surface area contributed by atoms with Crippen LogP contribution in [0.5, 0.6) is 0 Å². The fraction of sp³-hybridized carbons (Fsp3) is 0.417. The summed E-state index contributed by atoms with van der Waals surface area (Å²) in [4.78, 5) is 30.3. The lowest BCUT2D eigenvalue weighted by Crippen LogP contribution is -2.53. The molecular weight excluding hydrogens is 433 g/mol. The molecule has 1 saturated heterocycles. The van der Waals surface area contributed by atoms with Gasteiger partial charge in [0.2, 0.25) is 11.8 Å². The van der Waals surface area contributed by atoms with Crippen molar-refractivity contribution < 1.29 is 22.8 Å². The summed E-state index contributed by atoms with van der Waals surface area (Å²) in [6.07, 6.45) is -3.82. The molecule has 6 nitrogen and oxygen atoms in total. The molecule has 1 fully saturated rings. The van der Waals surface area contributed by atoms with Crippen LogP contribution in [0.2, 0.25) is 0 Å². The van der Waals surface area contributed by atoms with Crippen LogP contribution in [0.1, 0.15) is 19.3 Å². The Bertz CT molecular complexity index is 999. The molecule has 0 bridgehead atoms. The van der Waals surface area contributed by atoms with Crippen LogP contribution in [0.15, 0.2) is 54.6 Å². The number of amides is 2. The Morgan fingerprint density at radius 2 is 1.82 bits per heavy atom. The zero-order valence-corrected chi connectivity index (χ0v) is 18.4. The van der Waals surface area contributed by atoms with E-state index in [1.54, 1.807) is 12.1 Å².